The maximum atomic E-state index is 11.8. The summed E-state index contributed by atoms with van der Waals surface area (Å²) in [6.07, 6.45) is 12.5. The minimum atomic E-state index is -0.0543. The van der Waals surface area contributed by atoms with Crippen molar-refractivity contribution in [3.63, 3.8) is 0 Å². The molecule has 2 aliphatic rings. The van der Waals surface area contributed by atoms with Crippen molar-refractivity contribution in [1.82, 2.24) is 24.2 Å². The summed E-state index contributed by atoms with van der Waals surface area (Å²) < 4.78 is 3.78. The van der Waals surface area contributed by atoms with Crippen LogP contribution in [0.1, 0.15) is 43.8 Å². The molecule has 0 unspecified atom stereocenters. The van der Waals surface area contributed by atoms with Gasteiger partial charge in [-0.15, -0.1) is 0 Å². The molecule has 0 amide bonds. The zero-order valence-electron chi connectivity index (χ0n) is 15.5. The average molecular weight is 356 g/mol. The van der Waals surface area contributed by atoms with Crippen LogP contribution in [0.3, 0.4) is 0 Å². The molecule has 1 aliphatic heterocycles. The van der Waals surface area contributed by atoms with Crippen LogP contribution in [-0.4, -0.2) is 50.4 Å². The molecule has 7 nitrogen and oxygen atoms in total. The van der Waals surface area contributed by atoms with Crippen molar-refractivity contribution >= 4 is 5.69 Å². The third-order valence-corrected chi connectivity index (χ3v) is 5.79. The minimum absolute atomic E-state index is 0.0543. The standard InChI is InChI=1S/C19H28N6O/c1-22-19(26)11-17(13-21-22)24-9-7-23(8-10-24)14-18-12-20-15-25(18)16-5-3-2-4-6-16/h11-13,15-16H,2-10,14H2,1H3. The largest absolute Gasteiger partial charge is 0.368 e. The molecule has 0 N–H and O–H groups in total. The van der Waals surface area contributed by atoms with Crippen LogP contribution in [0.25, 0.3) is 0 Å². The quantitative estimate of drug-likeness (QED) is 0.836. The molecular weight excluding hydrogens is 328 g/mol. The van der Waals surface area contributed by atoms with E-state index in [1.54, 1.807) is 19.3 Å². The molecule has 0 spiro atoms. The third kappa shape index (κ3) is 3.67. The van der Waals surface area contributed by atoms with Gasteiger partial charge in [0.05, 0.1) is 23.9 Å². The SMILES string of the molecule is Cn1ncc(N2CCN(Cc3cncn3C3CCCCC3)CC2)cc1=O. The summed E-state index contributed by atoms with van der Waals surface area (Å²) in [6.45, 7) is 4.79. The number of aromatic nitrogens is 4. The minimum Gasteiger partial charge on any atom is -0.368 e. The van der Waals surface area contributed by atoms with Crippen molar-refractivity contribution in [3.8, 4) is 0 Å². The number of aryl methyl sites for hydroxylation is 1. The lowest BCUT2D eigenvalue weighted by atomic mass is 9.95. The Hall–Kier alpha value is -2.15. The monoisotopic (exact) mass is 356 g/mol. The fourth-order valence-electron chi connectivity index (χ4n) is 4.17. The van der Waals surface area contributed by atoms with Crippen LogP contribution in [0.2, 0.25) is 0 Å². The van der Waals surface area contributed by atoms with E-state index >= 15 is 0 Å². The maximum Gasteiger partial charge on any atom is 0.268 e. The van der Waals surface area contributed by atoms with Crippen molar-refractivity contribution in [2.75, 3.05) is 31.1 Å². The van der Waals surface area contributed by atoms with Crippen LogP contribution < -0.4 is 10.5 Å². The lowest BCUT2D eigenvalue weighted by molar-refractivity contribution is 0.237. The zero-order valence-corrected chi connectivity index (χ0v) is 15.5. The third-order valence-electron chi connectivity index (χ3n) is 5.79. The van der Waals surface area contributed by atoms with E-state index < -0.39 is 0 Å². The summed E-state index contributed by atoms with van der Waals surface area (Å²) >= 11 is 0. The van der Waals surface area contributed by atoms with E-state index in [1.165, 1.54) is 42.5 Å². The molecular formula is C19H28N6O. The van der Waals surface area contributed by atoms with Gasteiger partial charge in [-0.05, 0) is 12.8 Å². The molecule has 4 rings (SSSR count). The van der Waals surface area contributed by atoms with Crippen LogP contribution in [0.4, 0.5) is 5.69 Å². The van der Waals surface area contributed by atoms with Crippen molar-refractivity contribution in [2.45, 2.75) is 44.7 Å². The van der Waals surface area contributed by atoms with E-state index in [0.29, 0.717) is 6.04 Å². The number of hydrogen-bond donors (Lipinski definition) is 0. The molecule has 26 heavy (non-hydrogen) atoms. The van der Waals surface area contributed by atoms with Crippen molar-refractivity contribution in [2.24, 2.45) is 7.05 Å². The number of nitrogens with zero attached hydrogens (tertiary/aromatic N) is 6. The van der Waals surface area contributed by atoms with Gasteiger partial charge in [-0.3, -0.25) is 9.69 Å². The van der Waals surface area contributed by atoms with Crippen LogP contribution in [0, 0.1) is 0 Å². The summed E-state index contributed by atoms with van der Waals surface area (Å²) in [5.74, 6) is 0. The fourth-order valence-corrected chi connectivity index (χ4v) is 4.17. The Bertz CT molecular complexity index is 783. The molecule has 2 aromatic heterocycles. The second-order valence-corrected chi connectivity index (χ2v) is 7.52. The normalized spacial score (nSPS) is 19.8. The second-order valence-electron chi connectivity index (χ2n) is 7.52. The molecule has 1 aliphatic carbocycles. The molecule has 2 aromatic rings. The van der Waals surface area contributed by atoms with E-state index in [0.717, 1.165) is 38.4 Å². The Morgan fingerprint density at radius 2 is 1.85 bits per heavy atom. The molecule has 7 heteroatoms. The summed E-state index contributed by atoms with van der Waals surface area (Å²) in [6, 6.07) is 2.31. The van der Waals surface area contributed by atoms with Gasteiger partial charge >= 0.3 is 0 Å². The smallest absolute Gasteiger partial charge is 0.268 e. The first-order valence-corrected chi connectivity index (χ1v) is 9.72. The first-order chi connectivity index (χ1) is 12.7. The van der Waals surface area contributed by atoms with Crippen molar-refractivity contribution < 1.29 is 0 Å². The highest BCUT2D eigenvalue weighted by molar-refractivity contribution is 5.43. The van der Waals surface area contributed by atoms with Gasteiger partial charge in [0.2, 0.25) is 0 Å². The zero-order chi connectivity index (χ0) is 17.9. The number of piperazine rings is 1. The lowest BCUT2D eigenvalue weighted by Gasteiger charge is -2.36. The van der Waals surface area contributed by atoms with Gasteiger partial charge < -0.3 is 9.47 Å². The molecule has 140 valence electrons. The van der Waals surface area contributed by atoms with Crippen LogP contribution in [-0.2, 0) is 13.6 Å². The van der Waals surface area contributed by atoms with Gasteiger partial charge in [-0.2, -0.15) is 5.10 Å². The van der Waals surface area contributed by atoms with Crippen molar-refractivity contribution in [3.05, 3.63) is 40.8 Å². The number of imidazole rings is 1. The summed E-state index contributed by atoms with van der Waals surface area (Å²) in [5, 5.41) is 4.13. The highest BCUT2D eigenvalue weighted by Gasteiger charge is 2.22. The number of rotatable bonds is 4. The Morgan fingerprint density at radius 3 is 2.58 bits per heavy atom. The lowest BCUT2D eigenvalue weighted by Crippen LogP contribution is -2.46. The molecule has 0 bridgehead atoms. The van der Waals surface area contributed by atoms with Crippen LogP contribution in [0.15, 0.2) is 29.6 Å². The molecule has 3 heterocycles. The Labute approximate surface area is 154 Å². The van der Waals surface area contributed by atoms with Crippen molar-refractivity contribution in [1.29, 1.82) is 0 Å². The molecule has 0 atom stereocenters. The molecule has 0 aromatic carbocycles. The van der Waals surface area contributed by atoms with E-state index in [9.17, 15) is 4.79 Å². The van der Waals surface area contributed by atoms with E-state index in [2.05, 4.69) is 24.4 Å². The summed E-state index contributed by atoms with van der Waals surface area (Å²) in [4.78, 5) is 21.0. The Balaban J connectivity index is 1.36. The fraction of sp³-hybridized carbons (Fsp3) is 0.632. The Kier molecular flexibility index (Phi) is 5.06. The predicted molar refractivity (Wildman–Crippen MR) is 101 cm³/mol. The van der Waals surface area contributed by atoms with Gasteiger partial charge in [0.1, 0.15) is 0 Å². The first-order valence-electron chi connectivity index (χ1n) is 9.72. The summed E-state index contributed by atoms with van der Waals surface area (Å²) in [5.41, 5.74) is 2.21. The van der Waals surface area contributed by atoms with Gasteiger partial charge in [0, 0.05) is 58.1 Å². The highest BCUT2D eigenvalue weighted by atomic mass is 16.1. The van der Waals surface area contributed by atoms with E-state index in [-0.39, 0.29) is 5.56 Å². The maximum absolute atomic E-state index is 11.8. The first kappa shape index (κ1) is 17.3. The predicted octanol–water partition coefficient (Wildman–Crippen LogP) is 1.80. The molecule has 2 fully saturated rings. The van der Waals surface area contributed by atoms with E-state index in [1.807, 2.05) is 12.5 Å². The highest BCUT2D eigenvalue weighted by Crippen LogP contribution is 2.29. The van der Waals surface area contributed by atoms with Crippen LogP contribution >= 0.6 is 0 Å². The number of anilines is 1. The molecule has 1 saturated carbocycles. The van der Waals surface area contributed by atoms with Gasteiger partial charge in [0.15, 0.2) is 0 Å². The van der Waals surface area contributed by atoms with Gasteiger partial charge in [-0.25, -0.2) is 9.67 Å². The average Bonchev–Trinajstić information content (AvgIpc) is 3.13. The van der Waals surface area contributed by atoms with E-state index in [4.69, 9.17) is 0 Å². The molecule has 1 saturated heterocycles. The summed E-state index contributed by atoms with van der Waals surface area (Å²) in [7, 11) is 1.68. The number of hydrogen-bond acceptors (Lipinski definition) is 5. The Morgan fingerprint density at radius 1 is 1.08 bits per heavy atom. The van der Waals surface area contributed by atoms with Gasteiger partial charge in [0.25, 0.3) is 5.56 Å². The molecule has 0 radical (unpaired) electrons. The van der Waals surface area contributed by atoms with Crippen LogP contribution in [0.5, 0.6) is 0 Å². The van der Waals surface area contributed by atoms with Gasteiger partial charge in [-0.1, -0.05) is 19.3 Å². The topological polar surface area (TPSA) is 59.2 Å². The second kappa shape index (κ2) is 7.61.